The van der Waals surface area contributed by atoms with Crippen LogP contribution in [-0.2, 0) is 14.4 Å². The number of para-hydroxylation sites is 1. The van der Waals surface area contributed by atoms with Gasteiger partial charge in [-0.05, 0) is 117 Å². The van der Waals surface area contributed by atoms with E-state index >= 15 is 0 Å². The van der Waals surface area contributed by atoms with E-state index in [1.54, 1.807) is 42.5 Å². The Bertz CT molecular complexity index is 1580. The molecule has 0 spiro atoms. The molecule has 1 fully saturated rings. The van der Waals surface area contributed by atoms with Crippen LogP contribution in [0.4, 0.5) is 16.2 Å². The fraction of sp³-hybridized carbons (Fsp3) is 0.172. The summed E-state index contributed by atoms with van der Waals surface area (Å²) in [5.74, 6) is -0.757. The molecule has 1 saturated heterocycles. The zero-order valence-electron chi connectivity index (χ0n) is 22.2. The molecule has 41 heavy (non-hydrogen) atoms. The minimum absolute atomic E-state index is 0.165. The molecule has 9 nitrogen and oxygen atoms in total. The summed E-state index contributed by atoms with van der Waals surface area (Å²) in [4.78, 5) is 51.5. The van der Waals surface area contributed by atoms with Crippen molar-refractivity contribution in [3.63, 3.8) is 0 Å². The number of carbonyl (C=O) groups excluding carboxylic acids is 4. The fourth-order valence-corrected chi connectivity index (χ4v) is 5.56. The molecule has 3 aromatic rings. The van der Waals surface area contributed by atoms with Gasteiger partial charge in [-0.2, -0.15) is 0 Å². The van der Waals surface area contributed by atoms with Crippen molar-refractivity contribution < 1.29 is 28.7 Å². The molecular weight excluding hydrogens is 678 g/mol. The minimum atomic E-state index is -0.573. The van der Waals surface area contributed by atoms with Crippen molar-refractivity contribution in [2.45, 2.75) is 13.8 Å². The number of nitrogens with one attached hydrogen (secondary N) is 2. The van der Waals surface area contributed by atoms with Gasteiger partial charge in [0.1, 0.15) is 6.54 Å². The third-order valence-electron chi connectivity index (χ3n) is 6.02. The molecule has 212 valence electrons. The molecule has 3 aromatic carbocycles. The fourth-order valence-electron chi connectivity index (χ4n) is 3.78. The minimum Gasteiger partial charge on any atom is -0.493 e. The van der Waals surface area contributed by atoms with Crippen molar-refractivity contribution >= 4 is 84.0 Å². The van der Waals surface area contributed by atoms with Gasteiger partial charge < -0.3 is 20.1 Å². The van der Waals surface area contributed by atoms with Gasteiger partial charge in [-0.15, -0.1) is 0 Å². The number of aryl methyl sites for hydroxylation is 2. The summed E-state index contributed by atoms with van der Waals surface area (Å²) in [6, 6.07) is 15.7. The van der Waals surface area contributed by atoms with Crippen molar-refractivity contribution in [3.05, 3.63) is 85.1 Å². The lowest BCUT2D eigenvalue weighted by atomic mass is 10.1. The summed E-state index contributed by atoms with van der Waals surface area (Å²) in [5.41, 5.74) is 3.89. The summed E-state index contributed by atoms with van der Waals surface area (Å²) in [6.07, 6.45) is 1.53. The predicted molar refractivity (Wildman–Crippen MR) is 166 cm³/mol. The number of nitrogens with zero attached hydrogens (tertiary/aromatic N) is 1. The molecule has 0 aliphatic carbocycles. The highest BCUT2D eigenvalue weighted by molar-refractivity contribution is 9.11. The number of benzene rings is 3. The van der Waals surface area contributed by atoms with Crippen LogP contribution in [0, 0.1) is 13.8 Å². The van der Waals surface area contributed by atoms with Crippen molar-refractivity contribution in [3.8, 4) is 11.5 Å². The average molecular weight is 703 g/mol. The van der Waals surface area contributed by atoms with Crippen molar-refractivity contribution in [1.29, 1.82) is 0 Å². The van der Waals surface area contributed by atoms with E-state index < -0.39 is 23.6 Å². The van der Waals surface area contributed by atoms with E-state index in [-0.39, 0.29) is 17.4 Å². The first-order valence-electron chi connectivity index (χ1n) is 12.2. The Balaban J connectivity index is 1.39. The largest absolute Gasteiger partial charge is 0.493 e. The number of anilines is 2. The van der Waals surface area contributed by atoms with Crippen LogP contribution < -0.4 is 20.1 Å². The Kier molecular flexibility index (Phi) is 9.90. The number of rotatable bonds is 9. The number of methoxy groups -OCH3 is 1. The first kappa shape index (κ1) is 30.4. The number of carbonyl (C=O) groups is 4. The molecule has 0 saturated carbocycles. The smallest absolute Gasteiger partial charge is 0.294 e. The Morgan fingerprint density at radius 3 is 2.34 bits per heavy atom. The van der Waals surface area contributed by atoms with Crippen LogP contribution in [0.25, 0.3) is 6.08 Å². The molecule has 0 aromatic heterocycles. The van der Waals surface area contributed by atoms with Crippen LogP contribution in [-0.4, -0.2) is 48.1 Å². The Morgan fingerprint density at radius 1 is 0.902 bits per heavy atom. The number of ether oxygens (including phenoxy) is 2. The van der Waals surface area contributed by atoms with E-state index in [2.05, 4.69) is 42.5 Å². The lowest BCUT2D eigenvalue weighted by molar-refractivity contribution is -0.127. The number of imide groups is 1. The maximum absolute atomic E-state index is 12.9. The maximum atomic E-state index is 12.9. The highest BCUT2D eigenvalue weighted by Crippen LogP contribution is 2.35. The topological polar surface area (TPSA) is 114 Å². The predicted octanol–water partition coefficient (Wildman–Crippen LogP) is 6.53. The van der Waals surface area contributed by atoms with Crippen molar-refractivity contribution in [1.82, 2.24) is 4.90 Å². The quantitative estimate of drug-likeness (QED) is 0.244. The van der Waals surface area contributed by atoms with Gasteiger partial charge in [0.25, 0.3) is 17.1 Å². The highest BCUT2D eigenvalue weighted by atomic mass is 79.9. The number of hydrogen-bond donors (Lipinski definition) is 2. The number of hydrogen-bond acceptors (Lipinski definition) is 7. The SMILES string of the molecule is COc1cc(/C=C2/SC(=O)N(CC(=O)Nc3ccccc3Br)C2=O)ccc1OCC(=O)Nc1cc(C)c(C)cc1Br. The van der Waals surface area contributed by atoms with Gasteiger partial charge in [-0.25, -0.2) is 0 Å². The first-order valence-corrected chi connectivity index (χ1v) is 14.6. The normalized spacial score (nSPS) is 13.9. The zero-order chi connectivity index (χ0) is 29.7. The van der Waals surface area contributed by atoms with Crippen LogP contribution in [0.1, 0.15) is 16.7 Å². The van der Waals surface area contributed by atoms with Crippen LogP contribution in [0.5, 0.6) is 11.5 Å². The van der Waals surface area contributed by atoms with Crippen LogP contribution in [0.15, 0.2) is 68.4 Å². The highest BCUT2D eigenvalue weighted by Gasteiger charge is 2.36. The lowest BCUT2D eigenvalue weighted by Crippen LogP contribution is -2.36. The summed E-state index contributed by atoms with van der Waals surface area (Å²) >= 11 is 7.55. The monoisotopic (exact) mass is 701 g/mol. The van der Waals surface area contributed by atoms with Gasteiger partial charge in [0.05, 0.1) is 23.4 Å². The third kappa shape index (κ3) is 7.57. The molecule has 12 heteroatoms. The van der Waals surface area contributed by atoms with Crippen molar-refractivity contribution in [2.75, 3.05) is 30.9 Å². The van der Waals surface area contributed by atoms with Gasteiger partial charge in [0.2, 0.25) is 5.91 Å². The molecular formula is C29H25Br2N3O6S. The van der Waals surface area contributed by atoms with E-state index in [1.807, 2.05) is 26.0 Å². The maximum Gasteiger partial charge on any atom is 0.294 e. The standard InChI is InChI=1S/C29H25Br2N3O6S/c1-16-10-20(31)22(11-17(16)2)33-27(36)15-40-23-9-8-18(12-24(23)39-3)13-25-28(37)34(29(38)41-25)14-26(35)32-21-7-5-4-6-19(21)30/h4-13H,14-15H2,1-3H3,(H,32,35)(H,33,36)/b25-13+. The van der Waals surface area contributed by atoms with Gasteiger partial charge in [-0.1, -0.05) is 18.2 Å². The summed E-state index contributed by atoms with van der Waals surface area (Å²) < 4.78 is 12.5. The molecule has 1 aliphatic heterocycles. The van der Waals surface area contributed by atoms with Crippen LogP contribution in [0.3, 0.4) is 0 Å². The number of amides is 4. The second kappa shape index (κ2) is 13.4. The zero-order valence-corrected chi connectivity index (χ0v) is 26.2. The molecule has 0 unspecified atom stereocenters. The van der Waals surface area contributed by atoms with Gasteiger partial charge in [0, 0.05) is 8.95 Å². The molecule has 0 bridgehead atoms. The van der Waals surface area contributed by atoms with E-state index in [0.717, 1.165) is 32.3 Å². The second-order valence-corrected chi connectivity index (χ2v) is 11.7. The Hall–Kier alpha value is -3.61. The summed E-state index contributed by atoms with van der Waals surface area (Å²) in [5, 5.41) is 4.96. The number of halogens is 2. The molecule has 1 aliphatic rings. The summed E-state index contributed by atoms with van der Waals surface area (Å²) in [6.45, 7) is 3.28. The van der Waals surface area contributed by atoms with Gasteiger partial charge in [0.15, 0.2) is 18.1 Å². The van der Waals surface area contributed by atoms with Crippen molar-refractivity contribution in [2.24, 2.45) is 0 Å². The molecule has 0 atom stereocenters. The van der Waals surface area contributed by atoms with Crippen LogP contribution >= 0.6 is 43.6 Å². The average Bonchev–Trinajstić information content (AvgIpc) is 3.19. The number of thioether (sulfide) groups is 1. The van der Waals surface area contributed by atoms with E-state index in [0.29, 0.717) is 32.9 Å². The molecule has 1 heterocycles. The lowest BCUT2D eigenvalue weighted by Gasteiger charge is -2.13. The van der Waals surface area contributed by atoms with Gasteiger partial charge in [-0.3, -0.25) is 24.1 Å². The molecule has 4 rings (SSSR count). The van der Waals surface area contributed by atoms with Crippen LogP contribution in [0.2, 0.25) is 0 Å². The summed E-state index contributed by atoms with van der Waals surface area (Å²) in [7, 11) is 1.45. The van der Waals surface area contributed by atoms with Gasteiger partial charge >= 0.3 is 0 Å². The van der Waals surface area contributed by atoms with E-state index in [9.17, 15) is 19.2 Å². The van der Waals surface area contributed by atoms with E-state index in [1.165, 1.54) is 13.2 Å². The van der Waals surface area contributed by atoms with E-state index in [4.69, 9.17) is 9.47 Å². The Morgan fingerprint density at radius 2 is 1.61 bits per heavy atom. The molecule has 2 N–H and O–H groups in total. The third-order valence-corrected chi connectivity index (χ3v) is 8.28. The molecule has 0 radical (unpaired) electrons. The second-order valence-electron chi connectivity index (χ2n) is 8.96. The Labute approximate surface area is 257 Å². The molecule has 4 amide bonds. The first-order chi connectivity index (χ1) is 19.5.